The Kier molecular flexibility index (Phi) is 10.0. The quantitative estimate of drug-likeness (QED) is 0.155. The fraction of sp³-hybridized carbons (Fsp3) is 0.474. The lowest BCUT2D eigenvalue weighted by molar-refractivity contribution is -0.383. The monoisotopic (exact) mass is 466 g/mol. The SMILES string of the molecule is CCOC(=O)N(Cc1cccc(COCCCCO)n1)c1nc(SC)nc(N)c1[N+](=O)[O-]. The van der Waals surface area contributed by atoms with E-state index < -0.39 is 16.7 Å². The normalized spacial score (nSPS) is 10.7. The summed E-state index contributed by atoms with van der Waals surface area (Å²) in [7, 11) is 0. The Balaban J connectivity index is 2.34. The van der Waals surface area contributed by atoms with Crippen LogP contribution in [0.3, 0.4) is 0 Å². The van der Waals surface area contributed by atoms with Gasteiger partial charge < -0.3 is 20.3 Å². The van der Waals surface area contributed by atoms with Gasteiger partial charge in [-0.15, -0.1) is 0 Å². The molecule has 1 amide bonds. The molecule has 0 aliphatic rings. The maximum atomic E-state index is 12.7. The van der Waals surface area contributed by atoms with E-state index in [4.69, 9.17) is 20.3 Å². The highest BCUT2D eigenvalue weighted by atomic mass is 32.2. The molecule has 2 aromatic heterocycles. The molecule has 3 N–H and O–H groups in total. The lowest BCUT2D eigenvalue weighted by atomic mass is 10.3. The summed E-state index contributed by atoms with van der Waals surface area (Å²) in [6.07, 6.45) is 2.24. The number of amides is 1. The summed E-state index contributed by atoms with van der Waals surface area (Å²) in [5.74, 6) is -0.616. The number of carbonyl (C=O) groups is 1. The molecule has 0 atom stereocenters. The molecule has 2 aromatic rings. The van der Waals surface area contributed by atoms with Crippen molar-refractivity contribution in [3.63, 3.8) is 0 Å². The molecule has 0 unspecified atom stereocenters. The average molecular weight is 467 g/mol. The number of ether oxygens (including phenoxy) is 2. The second kappa shape index (κ2) is 12.7. The van der Waals surface area contributed by atoms with Gasteiger partial charge in [-0.1, -0.05) is 17.8 Å². The van der Waals surface area contributed by atoms with E-state index in [2.05, 4.69) is 15.0 Å². The predicted octanol–water partition coefficient (Wildman–Crippen LogP) is 2.54. The number of aliphatic hydroxyl groups is 1. The van der Waals surface area contributed by atoms with Crippen molar-refractivity contribution in [1.82, 2.24) is 15.0 Å². The minimum absolute atomic E-state index is 0.0637. The van der Waals surface area contributed by atoms with Crippen LogP contribution >= 0.6 is 11.8 Å². The van der Waals surface area contributed by atoms with E-state index in [1.54, 1.807) is 31.4 Å². The lowest BCUT2D eigenvalue weighted by Gasteiger charge is -2.21. The summed E-state index contributed by atoms with van der Waals surface area (Å²) >= 11 is 1.13. The van der Waals surface area contributed by atoms with Gasteiger partial charge in [0.1, 0.15) is 0 Å². The van der Waals surface area contributed by atoms with Gasteiger partial charge in [-0.05, 0) is 38.2 Å². The Bertz CT molecular complexity index is 931. The smallest absolute Gasteiger partial charge is 0.416 e. The standard InChI is InChI=1S/C19H26N6O6S/c1-3-31-19(27)24(17-15(25(28)29)16(20)22-18(23-17)32-2)11-13-7-6-8-14(21-13)12-30-10-5-4-9-26/h6-8,26H,3-5,9-12H2,1-2H3,(H2,20,22,23). The van der Waals surface area contributed by atoms with Crippen molar-refractivity contribution in [2.24, 2.45) is 0 Å². The fourth-order valence-corrected chi connectivity index (χ4v) is 3.04. The Morgan fingerprint density at radius 2 is 2.03 bits per heavy atom. The minimum atomic E-state index is -0.826. The van der Waals surface area contributed by atoms with E-state index in [1.807, 2.05) is 0 Å². The highest BCUT2D eigenvalue weighted by Gasteiger charge is 2.32. The summed E-state index contributed by atoms with van der Waals surface area (Å²) in [6, 6.07) is 5.18. The summed E-state index contributed by atoms with van der Waals surface area (Å²) in [6.45, 7) is 2.38. The highest BCUT2D eigenvalue weighted by Crippen LogP contribution is 2.33. The Morgan fingerprint density at radius 1 is 1.28 bits per heavy atom. The number of aliphatic hydroxyl groups excluding tert-OH is 1. The first-order valence-electron chi connectivity index (χ1n) is 9.84. The average Bonchev–Trinajstić information content (AvgIpc) is 2.76. The maximum Gasteiger partial charge on any atom is 0.416 e. The van der Waals surface area contributed by atoms with Crippen molar-refractivity contribution in [2.75, 3.05) is 36.7 Å². The molecule has 0 aromatic carbocycles. The van der Waals surface area contributed by atoms with Crippen molar-refractivity contribution in [1.29, 1.82) is 0 Å². The van der Waals surface area contributed by atoms with Crippen LogP contribution in [-0.2, 0) is 22.6 Å². The molecule has 13 heteroatoms. The maximum absolute atomic E-state index is 12.7. The van der Waals surface area contributed by atoms with Crippen LogP contribution in [0, 0.1) is 10.1 Å². The van der Waals surface area contributed by atoms with Crippen molar-refractivity contribution in [2.45, 2.75) is 38.1 Å². The molecule has 2 heterocycles. The number of hydrogen-bond acceptors (Lipinski definition) is 11. The number of hydrogen-bond donors (Lipinski definition) is 2. The number of nitrogens with zero attached hydrogens (tertiary/aromatic N) is 5. The Hall–Kier alpha value is -3.03. The summed E-state index contributed by atoms with van der Waals surface area (Å²) < 4.78 is 10.6. The number of anilines is 2. The molecule has 32 heavy (non-hydrogen) atoms. The summed E-state index contributed by atoms with van der Waals surface area (Å²) in [5, 5.41) is 20.6. The third kappa shape index (κ3) is 7.00. The van der Waals surface area contributed by atoms with Crippen LogP contribution < -0.4 is 10.6 Å². The second-order valence-electron chi connectivity index (χ2n) is 6.41. The van der Waals surface area contributed by atoms with Crippen LogP contribution in [0.15, 0.2) is 23.4 Å². The van der Waals surface area contributed by atoms with Crippen LogP contribution in [0.2, 0.25) is 0 Å². The van der Waals surface area contributed by atoms with E-state index in [9.17, 15) is 14.9 Å². The highest BCUT2D eigenvalue weighted by molar-refractivity contribution is 7.98. The third-order valence-electron chi connectivity index (χ3n) is 4.11. The van der Waals surface area contributed by atoms with E-state index in [1.165, 1.54) is 0 Å². The molecule has 0 bridgehead atoms. The molecule has 0 spiro atoms. The molecule has 0 saturated heterocycles. The molecule has 174 valence electrons. The van der Waals surface area contributed by atoms with Crippen molar-refractivity contribution >= 4 is 35.2 Å². The minimum Gasteiger partial charge on any atom is -0.449 e. The largest absolute Gasteiger partial charge is 0.449 e. The van der Waals surface area contributed by atoms with Crippen LogP contribution in [-0.4, -0.2) is 57.2 Å². The first-order valence-corrected chi connectivity index (χ1v) is 11.1. The number of carbonyl (C=O) groups excluding carboxylic acids is 1. The number of unbranched alkanes of at least 4 members (excludes halogenated alkanes) is 1. The zero-order chi connectivity index (χ0) is 23.5. The van der Waals surface area contributed by atoms with Gasteiger partial charge in [0, 0.05) is 13.2 Å². The fourth-order valence-electron chi connectivity index (χ4n) is 2.67. The molecule has 0 fully saturated rings. The first-order chi connectivity index (χ1) is 15.4. The van der Waals surface area contributed by atoms with E-state index in [0.29, 0.717) is 24.4 Å². The lowest BCUT2D eigenvalue weighted by Crippen LogP contribution is -2.33. The van der Waals surface area contributed by atoms with Crippen molar-refractivity contribution in [3.8, 4) is 0 Å². The van der Waals surface area contributed by atoms with E-state index >= 15 is 0 Å². The molecule has 0 aliphatic heterocycles. The van der Waals surface area contributed by atoms with Gasteiger partial charge >= 0.3 is 11.8 Å². The van der Waals surface area contributed by atoms with E-state index in [0.717, 1.165) is 23.1 Å². The van der Waals surface area contributed by atoms with Gasteiger partial charge in [-0.2, -0.15) is 9.97 Å². The molecular formula is C19H26N6O6S. The van der Waals surface area contributed by atoms with Gasteiger partial charge in [-0.25, -0.2) is 9.69 Å². The molecule has 2 rings (SSSR count). The Morgan fingerprint density at radius 3 is 2.69 bits per heavy atom. The summed E-state index contributed by atoms with van der Waals surface area (Å²) in [5.41, 5.74) is 6.27. The molecular weight excluding hydrogens is 440 g/mol. The van der Waals surface area contributed by atoms with Crippen molar-refractivity contribution in [3.05, 3.63) is 39.7 Å². The molecule has 0 radical (unpaired) electrons. The molecule has 0 saturated carbocycles. The van der Waals surface area contributed by atoms with Gasteiger partial charge in [0.25, 0.3) is 0 Å². The van der Waals surface area contributed by atoms with Gasteiger partial charge in [0.05, 0.1) is 36.1 Å². The van der Waals surface area contributed by atoms with Gasteiger partial charge in [0.15, 0.2) is 5.16 Å². The van der Waals surface area contributed by atoms with Gasteiger partial charge in [0.2, 0.25) is 11.6 Å². The number of nitrogens with two attached hydrogens (primary N) is 1. The van der Waals surface area contributed by atoms with Crippen LogP contribution in [0.1, 0.15) is 31.2 Å². The van der Waals surface area contributed by atoms with Gasteiger partial charge in [-0.3, -0.25) is 15.1 Å². The number of aromatic nitrogens is 3. The number of rotatable bonds is 12. The zero-order valence-corrected chi connectivity index (χ0v) is 18.7. The number of pyridine rings is 1. The first kappa shape index (κ1) is 25.2. The Labute approximate surface area is 189 Å². The van der Waals surface area contributed by atoms with Crippen LogP contribution in [0.4, 0.5) is 22.1 Å². The number of nitro groups is 1. The number of thioether (sulfide) groups is 1. The second-order valence-corrected chi connectivity index (χ2v) is 7.19. The molecule has 12 nitrogen and oxygen atoms in total. The predicted molar refractivity (Wildman–Crippen MR) is 118 cm³/mol. The topological polar surface area (TPSA) is 167 Å². The number of nitrogen functional groups attached to an aromatic ring is 1. The van der Waals surface area contributed by atoms with Crippen LogP contribution in [0.5, 0.6) is 0 Å². The van der Waals surface area contributed by atoms with E-state index in [-0.39, 0.29) is 43.2 Å². The van der Waals surface area contributed by atoms with Crippen LogP contribution in [0.25, 0.3) is 0 Å². The summed E-state index contributed by atoms with van der Waals surface area (Å²) in [4.78, 5) is 37.1. The van der Waals surface area contributed by atoms with Crippen molar-refractivity contribution < 1.29 is 24.3 Å². The zero-order valence-electron chi connectivity index (χ0n) is 17.9. The third-order valence-corrected chi connectivity index (χ3v) is 4.66. The molecule has 0 aliphatic carbocycles.